The van der Waals surface area contributed by atoms with Crippen LogP contribution in [0, 0.1) is 5.92 Å². The molecule has 24 heavy (non-hydrogen) atoms. The van der Waals surface area contributed by atoms with Crippen molar-refractivity contribution in [3.8, 4) is 5.75 Å². The van der Waals surface area contributed by atoms with E-state index in [1.807, 2.05) is 0 Å². The minimum atomic E-state index is -4.37. The fourth-order valence-corrected chi connectivity index (χ4v) is 2.79. The van der Waals surface area contributed by atoms with Gasteiger partial charge in [0, 0.05) is 19.0 Å². The van der Waals surface area contributed by atoms with Crippen LogP contribution in [0.5, 0.6) is 5.75 Å². The van der Waals surface area contributed by atoms with Crippen LogP contribution in [0.4, 0.5) is 13.2 Å². The molecule has 0 spiro atoms. The Morgan fingerprint density at radius 1 is 1.38 bits per heavy atom. The van der Waals surface area contributed by atoms with Crippen molar-refractivity contribution in [2.24, 2.45) is 5.92 Å². The molecule has 2 atom stereocenters. The van der Waals surface area contributed by atoms with Gasteiger partial charge in [0.1, 0.15) is 5.75 Å². The molecule has 1 aromatic rings. The lowest BCUT2D eigenvalue weighted by molar-refractivity contribution is -0.153. The quantitative estimate of drug-likeness (QED) is 0.893. The van der Waals surface area contributed by atoms with E-state index >= 15 is 0 Å². The largest absolute Gasteiger partial charge is 0.484 e. The number of aliphatic hydroxyl groups excluding tert-OH is 1. The van der Waals surface area contributed by atoms with E-state index in [-0.39, 0.29) is 24.0 Å². The van der Waals surface area contributed by atoms with Crippen molar-refractivity contribution in [3.63, 3.8) is 0 Å². The third kappa shape index (κ3) is 5.70. The summed E-state index contributed by atoms with van der Waals surface area (Å²) >= 11 is 0. The van der Waals surface area contributed by atoms with E-state index in [2.05, 4.69) is 4.74 Å². The first-order valence-electron chi connectivity index (χ1n) is 7.99. The molecule has 1 saturated heterocycles. The van der Waals surface area contributed by atoms with Gasteiger partial charge in [-0.15, -0.1) is 0 Å². The number of amides is 1. The topological polar surface area (TPSA) is 49.8 Å². The van der Waals surface area contributed by atoms with Gasteiger partial charge in [-0.2, -0.15) is 13.2 Å². The number of ether oxygens (including phenoxy) is 1. The lowest BCUT2D eigenvalue weighted by atomic mass is 9.93. The summed E-state index contributed by atoms with van der Waals surface area (Å²) < 4.78 is 40.9. The first-order valence-corrected chi connectivity index (χ1v) is 7.99. The van der Waals surface area contributed by atoms with E-state index in [0.717, 1.165) is 18.4 Å². The van der Waals surface area contributed by atoms with Gasteiger partial charge in [0.05, 0.1) is 12.5 Å². The number of halogens is 3. The van der Waals surface area contributed by atoms with Crippen molar-refractivity contribution in [1.29, 1.82) is 0 Å². The van der Waals surface area contributed by atoms with Gasteiger partial charge >= 0.3 is 6.18 Å². The van der Waals surface area contributed by atoms with Crippen LogP contribution in [0.3, 0.4) is 0 Å². The maximum Gasteiger partial charge on any atom is 0.422 e. The molecule has 0 aromatic heterocycles. The monoisotopic (exact) mass is 345 g/mol. The molecule has 1 aliphatic heterocycles. The number of carbonyl (C=O) groups excluding carboxylic acids is 1. The van der Waals surface area contributed by atoms with Crippen molar-refractivity contribution in [1.82, 2.24) is 4.90 Å². The lowest BCUT2D eigenvalue weighted by Crippen LogP contribution is -2.43. The molecule has 1 heterocycles. The molecule has 7 heteroatoms. The molecule has 134 valence electrons. The van der Waals surface area contributed by atoms with Gasteiger partial charge < -0.3 is 14.7 Å². The number of benzene rings is 1. The third-order valence-electron chi connectivity index (χ3n) is 4.17. The number of piperidine rings is 1. The summed E-state index contributed by atoms with van der Waals surface area (Å²) in [4.78, 5) is 14.1. The van der Waals surface area contributed by atoms with Crippen LogP contribution in [0.1, 0.15) is 25.3 Å². The molecule has 1 N–H and O–H groups in total. The Hall–Kier alpha value is -1.76. The van der Waals surface area contributed by atoms with Gasteiger partial charge in [0.25, 0.3) is 0 Å². The van der Waals surface area contributed by atoms with Crippen LogP contribution < -0.4 is 4.74 Å². The molecular formula is C17H22F3NO3. The first-order chi connectivity index (χ1) is 11.2. The van der Waals surface area contributed by atoms with Crippen molar-refractivity contribution < 1.29 is 27.8 Å². The molecule has 1 aromatic carbocycles. The number of alkyl halides is 3. The van der Waals surface area contributed by atoms with Crippen molar-refractivity contribution in [3.05, 3.63) is 29.8 Å². The molecule has 0 bridgehead atoms. The SMILES string of the molecule is C[C@@H](O)[C@H]1CCCN(C(=O)Cc2ccc(OCC(F)(F)F)cc2)C1. The van der Waals surface area contributed by atoms with Crippen molar-refractivity contribution in [2.75, 3.05) is 19.7 Å². The summed E-state index contributed by atoms with van der Waals surface area (Å²) in [5.74, 6) is 0.181. The second-order valence-corrected chi connectivity index (χ2v) is 6.21. The van der Waals surface area contributed by atoms with E-state index in [4.69, 9.17) is 0 Å². The van der Waals surface area contributed by atoms with E-state index in [0.29, 0.717) is 13.1 Å². The molecule has 1 amide bonds. The van der Waals surface area contributed by atoms with E-state index in [9.17, 15) is 23.1 Å². The van der Waals surface area contributed by atoms with E-state index in [1.165, 1.54) is 12.1 Å². The van der Waals surface area contributed by atoms with Gasteiger partial charge in [-0.05, 0) is 37.5 Å². The second kappa shape index (κ2) is 7.88. The molecule has 0 radical (unpaired) electrons. The van der Waals surface area contributed by atoms with E-state index < -0.39 is 18.9 Å². The fraction of sp³-hybridized carbons (Fsp3) is 0.588. The van der Waals surface area contributed by atoms with Gasteiger partial charge in [0.2, 0.25) is 5.91 Å². The Morgan fingerprint density at radius 2 is 2.04 bits per heavy atom. The number of aliphatic hydroxyl groups is 1. The fourth-order valence-electron chi connectivity index (χ4n) is 2.79. The molecule has 0 unspecified atom stereocenters. The van der Waals surface area contributed by atoms with Crippen LogP contribution in [0.15, 0.2) is 24.3 Å². The molecule has 2 rings (SSSR count). The number of carbonyl (C=O) groups is 1. The number of hydrogen-bond acceptors (Lipinski definition) is 3. The highest BCUT2D eigenvalue weighted by Crippen LogP contribution is 2.22. The van der Waals surface area contributed by atoms with Gasteiger partial charge in [-0.25, -0.2) is 0 Å². The Bertz CT molecular complexity index is 543. The molecule has 1 fully saturated rings. The average Bonchev–Trinajstić information content (AvgIpc) is 2.53. The normalized spacial score (nSPS) is 19.9. The molecule has 1 aliphatic rings. The predicted octanol–water partition coefficient (Wildman–Crippen LogP) is 2.79. The zero-order valence-electron chi connectivity index (χ0n) is 13.6. The van der Waals surface area contributed by atoms with Crippen LogP contribution >= 0.6 is 0 Å². The predicted molar refractivity (Wildman–Crippen MR) is 82.7 cm³/mol. The number of rotatable bonds is 5. The summed E-state index contributed by atoms with van der Waals surface area (Å²) in [7, 11) is 0. The number of hydrogen-bond donors (Lipinski definition) is 1. The zero-order valence-corrected chi connectivity index (χ0v) is 13.6. The Morgan fingerprint density at radius 3 is 2.62 bits per heavy atom. The molecule has 0 aliphatic carbocycles. The van der Waals surface area contributed by atoms with Crippen molar-refractivity contribution in [2.45, 2.75) is 38.5 Å². The summed E-state index contributed by atoms with van der Waals surface area (Å²) in [5.41, 5.74) is 0.721. The second-order valence-electron chi connectivity index (χ2n) is 6.21. The highest BCUT2D eigenvalue weighted by atomic mass is 19.4. The average molecular weight is 345 g/mol. The Labute approximate surface area is 139 Å². The maximum absolute atomic E-state index is 12.3. The highest BCUT2D eigenvalue weighted by molar-refractivity contribution is 5.78. The molecular weight excluding hydrogens is 323 g/mol. The summed E-state index contributed by atoms with van der Waals surface area (Å²) in [6.07, 6.45) is -2.85. The number of nitrogens with zero attached hydrogens (tertiary/aromatic N) is 1. The first kappa shape index (κ1) is 18.6. The Kier molecular flexibility index (Phi) is 6.10. The van der Waals surface area contributed by atoms with Gasteiger partial charge in [0.15, 0.2) is 6.61 Å². The van der Waals surface area contributed by atoms with Crippen LogP contribution in [-0.2, 0) is 11.2 Å². The van der Waals surface area contributed by atoms with Crippen LogP contribution in [0.25, 0.3) is 0 Å². The standard InChI is InChI=1S/C17H22F3NO3/c1-12(22)14-3-2-8-21(10-14)16(23)9-13-4-6-15(7-5-13)24-11-17(18,19)20/h4-7,12,14,22H,2-3,8-11H2,1H3/t12-,14+/m1/s1. The summed E-state index contributed by atoms with van der Waals surface area (Å²) in [6.45, 7) is 1.62. The number of likely N-dealkylation sites (tertiary alicyclic amines) is 1. The Balaban J connectivity index is 1.87. The minimum absolute atomic E-state index is 0.0377. The zero-order chi connectivity index (χ0) is 17.7. The lowest BCUT2D eigenvalue weighted by Gasteiger charge is -2.34. The third-order valence-corrected chi connectivity index (χ3v) is 4.17. The highest BCUT2D eigenvalue weighted by Gasteiger charge is 2.28. The van der Waals surface area contributed by atoms with Crippen LogP contribution in [-0.4, -0.2) is 47.9 Å². The molecule has 0 saturated carbocycles. The van der Waals surface area contributed by atoms with Crippen LogP contribution in [0.2, 0.25) is 0 Å². The summed E-state index contributed by atoms with van der Waals surface area (Å²) in [6, 6.07) is 6.06. The molecule has 4 nitrogen and oxygen atoms in total. The van der Waals surface area contributed by atoms with Crippen molar-refractivity contribution >= 4 is 5.91 Å². The van der Waals surface area contributed by atoms with Gasteiger partial charge in [-0.1, -0.05) is 12.1 Å². The van der Waals surface area contributed by atoms with Gasteiger partial charge in [-0.3, -0.25) is 4.79 Å². The maximum atomic E-state index is 12.3. The smallest absolute Gasteiger partial charge is 0.422 e. The summed E-state index contributed by atoms with van der Waals surface area (Å²) in [5, 5.41) is 9.67. The van der Waals surface area contributed by atoms with E-state index in [1.54, 1.807) is 24.0 Å². The minimum Gasteiger partial charge on any atom is -0.484 e.